The number of ether oxygens (including phenoxy) is 4. The number of aromatic amines is 1. The van der Waals surface area contributed by atoms with Crippen molar-refractivity contribution in [1.29, 1.82) is 0 Å². The fraction of sp³-hybridized carbons (Fsp3) is 0.484. The number of rotatable bonds is 16. The highest BCUT2D eigenvalue weighted by Gasteiger charge is 2.51. The molecule has 8 heterocycles. The van der Waals surface area contributed by atoms with Gasteiger partial charge in [0.1, 0.15) is 34.6 Å². The molecule has 0 radical (unpaired) electrons. The molecule has 3 saturated heterocycles. The van der Waals surface area contributed by atoms with Gasteiger partial charge in [-0.25, -0.2) is 18.1 Å². The average molecular weight is 1190 g/mol. The molecule has 6 aliphatic rings. The van der Waals surface area contributed by atoms with Crippen molar-refractivity contribution in [3.8, 4) is 17.5 Å². The lowest BCUT2D eigenvalue weighted by Crippen LogP contribution is -2.59. The van der Waals surface area contributed by atoms with E-state index in [0.717, 1.165) is 117 Å². The van der Waals surface area contributed by atoms with Crippen LogP contribution in [0.2, 0.25) is 0 Å². The molecule has 3 aromatic carbocycles. The van der Waals surface area contributed by atoms with Gasteiger partial charge in [0, 0.05) is 98.9 Å². The Bertz CT molecular complexity index is 3800. The maximum absolute atomic E-state index is 14.9. The van der Waals surface area contributed by atoms with Gasteiger partial charge in [-0.2, -0.15) is 4.98 Å². The zero-order valence-corrected chi connectivity index (χ0v) is 50.2. The van der Waals surface area contributed by atoms with E-state index in [-0.39, 0.29) is 47.4 Å². The van der Waals surface area contributed by atoms with Gasteiger partial charge in [-0.05, 0) is 157 Å². The van der Waals surface area contributed by atoms with E-state index in [1.807, 2.05) is 44.3 Å². The van der Waals surface area contributed by atoms with E-state index in [1.165, 1.54) is 17.7 Å². The topological polar surface area (TPSA) is 243 Å². The molecule has 454 valence electrons. The molecule has 2 saturated carbocycles. The van der Waals surface area contributed by atoms with Crippen LogP contribution in [0.25, 0.3) is 22.0 Å². The Labute approximate surface area is 500 Å². The summed E-state index contributed by atoms with van der Waals surface area (Å²) >= 11 is 0. The maximum Gasteiger partial charge on any atom is 0.293 e. The Morgan fingerprint density at radius 1 is 0.977 bits per heavy atom. The van der Waals surface area contributed by atoms with E-state index in [1.54, 1.807) is 19.4 Å². The number of hydrogen-bond donors (Lipinski definition) is 4. The first-order valence-electron chi connectivity index (χ1n) is 30.3. The second-order valence-corrected chi connectivity index (χ2v) is 26.9. The van der Waals surface area contributed by atoms with Crippen molar-refractivity contribution in [2.24, 2.45) is 11.3 Å². The molecule has 21 nitrogen and oxygen atoms in total. The third-order valence-electron chi connectivity index (χ3n) is 19.0. The molecule has 4 aromatic heterocycles. The van der Waals surface area contributed by atoms with Crippen molar-refractivity contribution in [2.45, 2.75) is 133 Å². The van der Waals surface area contributed by atoms with E-state index in [4.69, 9.17) is 28.3 Å². The highest BCUT2D eigenvalue weighted by molar-refractivity contribution is 7.90. The van der Waals surface area contributed by atoms with Crippen LogP contribution in [0.3, 0.4) is 0 Å². The van der Waals surface area contributed by atoms with Gasteiger partial charge in [-0.1, -0.05) is 18.2 Å². The van der Waals surface area contributed by atoms with E-state index < -0.39 is 43.1 Å². The number of nitro benzene ring substituents is 1. The summed E-state index contributed by atoms with van der Waals surface area (Å²) in [5.74, 6) is 1.86. The SMILES string of the molecule is COc1ncc(CN2CCN(C3CC4(CCN(c5ccc(C(=O)NS(=O)(=O)c6ccc(NCC7CCC(C)(O)CC7)c([N+](=O)[O-])c6)c(N6c7cc8cc[nH]c8nc7O[C@H]7COCC[C@@H]76)c5)CC4)C3)[C@@H](c3ccccc3OC(C)C)C2)c2cc(C)oc12. The molecule has 13 rings (SSSR count). The summed E-state index contributed by atoms with van der Waals surface area (Å²) in [5.41, 5.74) is 4.86. The second kappa shape index (κ2) is 23.0. The maximum atomic E-state index is 14.9. The van der Waals surface area contributed by atoms with Crippen LogP contribution < -0.4 is 34.0 Å². The van der Waals surface area contributed by atoms with Crippen LogP contribution in [0.15, 0.2) is 101 Å². The number of hydrogen-bond acceptors (Lipinski definition) is 18. The zero-order valence-electron chi connectivity index (χ0n) is 49.4. The van der Waals surface area contributed by atoms with Gasteiger partial charge in [0.15, 0.2) is 5.58 Å². The standard InChI is InChI=1S/C64H76N10O11S/c1-39(2)83-56-9-7-6-8-47(56)55-37-70(36-43-35-67-62(81-5)58-49(43)28-40(3)84-58)25-26-72(55)45-32-64(33-45)20-23-71(24-21-64)44-10-12-48(52(30-44)73-51-17-27-82-38-57(51)85-61-54(73)29-42-16-22-65-59(42)68-61)60(75)69-86(79,80)46-11-13-50(53(31-46)74(77)78)66-34-41-14-18-63(4,76)19-15-41/h6-13,16,22,28-31,35,39,41,45,51,55,57,66,76H,14-15,17-21,23-27,32-34,36-38H2,1-5H3,(H,65,68)(H,69,75)/t41?,51-,55+,57-,63?/m0/s1. The number of fused-ring (bicyclic) bond motifs is 4. The number of piperidine rings is 1. The molecule has 86 heavy (non-hydrogen) atoms. The van der Waals surface area contributed by atoms with Crippen LogP contribution in [-0.4, -0.2) is 139 Å². The van der Waals surface area contributed by atoms with E-state index >= 15 is 0 Å². The summed E-state index contributed by atoms with van der Waals surface area (Å²) in [7, 11) is -3.04. The third kappa shape index (κ3) is 11.3. The van der Waals surface area contributed by atoms with Crippen LogP contribution in [0.4, 0.5) is 28.4 Å². The monoisotopic (exact) mass is 1190 g/mol. The number of carbonyl (C=O) groups excluding carboxylic acids is 1. The van der Waals surface area contributed by atoms with Gasteiger partial charge >= 0.3 is 0 Å². The number of H-pyrrole nitrogens is 1. The first kappa shape index (κ1) is 57.6. The van der Waals surface area contributed by atoms with Crippen molar-refractivity contribution in [3.05, 3.63) is 124 Å². The number of sulfonamides is 1. The number of methoxy groups -OCH3 is 1. The Balaban J connectivity index is 0.757. The van der Waals surface area contributed by atoms with Gasteiger partial charge in [0.2, 0.25) is 5.88 Å². The fourth-order valence-electron chi connectivity index (χ4n) is 14.4. The average Bonchev–Trinajstić information content (AvgIpc) is 1.46. The highest BCUT2D eigenvalue weighted by Crippen LogP contribution is 2.54. The number of anilines is 4. The first-order valence-corrected chi connectivity index (χ1v) is 31.8. The summed E-state index contributed by atoms with van der Waals surface area (Å²) < 4.78 is 61.6. The summed E-state index contributed by atoms with van der Waals surface area (Å²) in [6.07, 6.45) is 10.7. The van der Waals surface area contributed by atoms with Crippen molar-refractivity contribution in [1.82, 2.24) is 29.5 Å². The number of aliphatic hydroxyl groups is 1. The van der Waals surface area contributed by atoms with Crippen LogP contribution in [0.5, 0.6) is 17.5 Å². The predicted molar refractivity (Wildman–Crippen MR) is 326 cm³/mol. The van der Waals surface area contributed by atoms with Gasteiger partial charge < -0.3 is 48.6 Å². The molecule has 3 atom stereocenters. The fourth-order valence-corrected chi connectivity index (χ4v) is 15.4. The molecular formula is C64H76N10O11S. The highest BCUT2D eigenvalue weighted by atomic mass is 32.2. The van der Waals surface area contributed by atoms with E-state index in [2.05, 4.69) is 83.8 Å². The lowest BCUT2D eigenvalue weighted by Gasteiger charge is -2.58. The molecule has 1 spiro atoms. The molecule has 4 N–H and O–H groups in total. The molecule has 0 unspecified atom stereocenters. The number of furan rings is 1. The first-order chi connectivity index (χ1) is 41.4. The molecule has 4 aliphatic heterocycles. The van der Waals surface area contributed by atoms with E-state index in [0.29, 0.717) is 72.8 Å². The summed E-state index contributed by atoms with van der Waals surface area (Å²) in [4.78, 5) is 48.7. The second-order valence-electron chi connectivity index (χ2n) is 25.2. The number of benzene rings is 3. The molecule has 1 amide bonds. The minimum absolute atomic E-state index is 0.0184. The number of amides is 1. The quantitative estimate of drug-likeness (QED) is 0.0519. The largest absolute Gasteiger partial charge is 0.491 e. The van der Waals surface area contributed by atoms with Gasteiger partial charge in [0.05, 0.1) is 58.6 Å². The number of nitro groups is 1. The Kier molecular flexibility index (Phi) is 15.4. The number of nitrogens with zero attached hydrogens (tertiary/aromatic N) is 7. The van der Waals surface area contributed by atoms with E-state index in [9.17, 15) is 28.4 Å². The number of piperazine rings is 1. The summed E-state index contributed by atoms with van der Waals surface area (Å²) in [6, 6.07) is 23.9. The molecule has 22 heteroatoms. The number of aryl methyl sites for hydroxylation is 1. The van der Waals surface area contributed by atoms with Crippen LogP contribution in [-0.2, 0) is 21.3 Å². The van der Waals surface area contributed by atoms with Crippen LogP contribution in [0.1, 0.15) is 112 Å². The Hall–Kier alpha value is -7.50. The van der Waals surface area contributed by atoms with Crippen molar-refractivity contribution < 1.29 is 46.6 Å². The minimum atomic E-state index is -4.66. The number of para-hydroxylation sites is 1. The van der Waals surface area contributed by atoms with Crippen LogP contribution in [0, 0.1) is 28.4 Å². The predicted octanol–water partition coefficient (Wildman–Crippen LogP) is 10.2. The van der Waals surface area contributed by atoms with Gasteiger partial charge in [0.25, 0.3) is 27.5 Å². The molecule has 5 fully saturated rings. The zero-order chi connectivity index (χ0) is 59.6. The van der Waals surface area contributed by atoms with Crippen molar-refractivity contribution in [3.63, 3.8) is 0 Å². The van der Waals surface area contributed by atoms with Crippen molar-refractivity contribution >= 4 is 66.4 Å². The molecular weight excluding hydrogens is 1120 g/mol. The smallest absolute Gasteiger partial charge is 0.293 e. The third-order valence-corrected chi connectivity index (χ3v) is 20.3. The Morgan fingerprint density at radius 3 is 2.56 bits per heavy atom. The number of aromatic nitrogens is 3. The number of carbonyl (C=O) groups is 1. The lowest BCUT2D eigenvalue weighted by atomic mass is 9.59. The van der Waals surface area contributed by atoms with Gasteiger partial charge in [-0.15, -0.1) is 0 Å². The van der Waals surface area contributed by atoms with Crippen molar-refractivity contribution in [2.75, 3.05) is 74.7 Å². The van der Waals surface area contributed by atoms with Crippen LogP contribution >= 0.6 is 0 Å². The lowest BCUT2D eigenvalue weighted by molar-refractivity contribution is -0.384. The molecule has 0 bridgehead atoms. The Morgan fingerprint density at radius 2 is 1.78 bits per heavy atom. The molecule has 2 aliphatic carbocycles. The normalized spacial score (nSPS) is 23.6. The summed E-state index contributed by atoms with van der Waals surface area (Å²) in [6.45, 7) is 14.0. The minimum Gasteiger partial charge on any atom is -0.491 e. The number of nitrogens with one attached hydrogen (secondary N) is 3. The summed E-state index contributed by atoms with van der Waals surface area (Å²) in [5, 5.41) is 27.9. The number of pyridine rings is 2. The van der Waals surface area contributed by atoms with Gasteiger partial charge in [-0.3, -0.25) is 24.7 Å². The molecule has 7 aromatic rings.